The predicted molar refractivity (Wildman–Crippen MR) is 141 cm³/mol. The van der Waals surface area contributed by atoms with Crippen LogP contribution < -0.4 is 10.6 Å². The molecule has 2 fully saturated rings. The van der Waals surface area contributed by atoms with Crippen molar-refractivity contribution in [3.63, 3.8) is 0 Å². The van der Waals surface area contributed by atoms with E-state index in [9.17, 15) is 19.9 Å². The van der Waals surface area contributed by atoms with Crippen molar-refractivity contribution in [2.24, 2.45) is 11.1 Å². The lowest BCUT2D eigenvalue weighted by atomic mass is 10.00. The number of likely N-dealkylation sites (tertiary alicyclic amines) is 1. The summed E-state index contributed by atoms with van der Waals surface area (Å²) in [4.78, 5) is 37.6. The van der Waals surface area contributed by atoms with Crippen molar-refractivity contribution >= 4 is 23.3 Å². The number of carbonyl (C=O) groups excluding carboxylic acids is 2. The lowest BCUT2D eigenvalue weighted by Gasteiger charge is -2.32. The Balaban J connectivity index is 1.06. The van der Waals surface area contributed by atoms with Crippen LogP contribution in [0.3, 0.4) is 0 Å². The summed E-state index contributed by atoms with van der Waals surface area (Å²) in [5, 5.41) is 29.1. The molecule has 4 N–H and O–H groups in total. The molecule has 202 valence electrons. The molecule has 5 rings (SSSR count). The number of aliphatic hydroxyl groups is 1. The molecule has 11 nitrogen and oxygen atoms in total. The molecule has 1 aliphatic carbocycles. The van der Waals surface area contributed by atoms with Crippen molar-refractivity contribution in [3.8, 4) is 0 Å². The molecule has 0 spiro atoms. The van der Waals surface area contributed by atoms with Gasteiger partial charge in [0, 0.05) is 57.3 Å². The Kier molecular flexibility index (Phi) is 8.14. The van der Waals surface area contributed by atoms with Gasteiger partial charge in [-0.15, -0.1) is 0 Å². The first-order valence-electron chi connectivity index (χ1n) is 13.4. The zero-order valence-corrected chi connectivity index (χ0v) is 21.4. The number of carbonyl (C=O) groups is 2. The van der Waals surface area contributed by atoms with Crippen LogP contribution in [-0.4, -0.2) is 92.5 Å². The number of fused-ring (bicyclic) bond motifs is 1. The normalized spacial score (nSPS) is 19.5. The van der Waals surface area contributed by atoms with E-state index < -0.39 is 6.10 Å². The molecule has 0 bridgehead atoms. The number of hydrogen-bond donors (Lipinski definition) is 4. The number of hydrogen-bond acceptors (Lipinski definition) is 9. The molecule has 2 aromatic rings. The summed E-state index contributed by atoms with van der Waals surface area (Å²) in [6.07, 6.45) is 4.85. The van der Waals surface area contributed by atoms with Crippen molar-refractivity contribution in [2.45, 2.75) is 50.8 Å². The summed E-state index contributed by atoms with van der Waals surface area (Å²) in [7, 11) is 0. The molecule has 2 amide bonds. The molecular formula is C27H35N7O4. The van der Waals surface area contributed by atoms with Crippen molar-refractivity contribution < 1.29 is 19.9 Å². The lowest BCUT2D eigenvalue weighted by molar-refractivity contribution is -0.125. The van der Waals surface area contributed by atoms with Crippen LogP contribution in [0.25, 0.3) is 0 Å². The second kappa shape index (κ2) is 11.9. The van der Waals surface area contributed by atoms with E-state index in [1.807, 2.05) is 6.07 Å². The van der Waals surface area contributed by atoms with E-state index in [0.29, 0.717) is 38.3 Å². The van der Waals surface area contributed by atoms with Crippen molar-refractivity contribution in [1.82, 2.24) is 25.1 Å². The third-order valence-electron chi connectivity index (χ3n) is 7.50. The van der Waals surface area contributed by atoms with Crippen LogP contribution in [0.15, 0.2) is 41.8 Å². The average Bonchev–Trinajstić information content (AvgIpc) is 3.78. The van der Waals surface area contributed by atoms with E-state index in [4.69, 9.17) is 0 Å². The minimum absolute atomic E-state index is 0.0943. The molecule has 3 aliphatic rings. The Bertz CT molecular complexity index is 1180. The summed E-state index contributed by atoms with van der Waals surface area (Å²) in [5.41, 5.74) is 3.14. The molecule has 1 aromatic heterocycles. The van der Waals surface area contributed by atoms with E-state index in [2.05, 4.69) is 48.9 Å². The first-order chi connectivity index (χ1) is 18.5. The van der Waals surface area contributed by atoms with Crippen LogP contribution >= 0.6 is 0 Å². The van der Waals surface area contributed by atoms with Gasteiger partial charge in [0.05, 0.1) is 6.10 Å². The number of β-amino-alcohol motifs (C(OH)–C–C–N with tert-alkyl or cyclic N) is 1. The van der Waals surface area contributed by atoms with E-state index in [1.54, 1.807) is 11.0 Å². The van der Waals surface area contributed by atoms with Gasteiger partial charge in [-0.3, -0.25) is 14.5 Å². The van der Waals surface area contributed by atoms with Crippen LogP contribution in [0.5, 0.6) is 0 Å². The van der Waals surface area contributed by atoms with Crippen LogP contribution in [-0.2, 0) is 17.8 Å². The quantitative estimate of drug-likeness (QED) is 0.219. The van der Waals surface area contributed by atoms with Gasteiger partial charge < -0.3 is 25.8 Å². The number of rotatable bonds is 9. The van der Waals surface area contributed by atoms with Gasteiger partial charge in [-0.05, 0) is 43.2 Å². The summed E-state index contributed by atoms with van der Waals surface area (Å²) in [6, 6.07) is 10.1. The second-order valence-electron chi connectivity index (χ2n) is 10.4. The SMILES string of the molecule is O=C(NC[C@H](O)CN1CCc2ccccc2C1)c1cc(NC2CCN(C(=O)C(=NO)C3CC3)CC2)ncn1. The number of nitrogens with one attached hydrogen (secondary N) is 2. The maximum absolute atomic E-state index is 12.7. The van der Waals surface area contributed by atoms with Gasteiger partial charge in [0.25, 0.3) is 11.8 Å². The Labute approximate surface area is 221 Å². The molecule has 1 saturated carbocycles. The van der Waals surface area contributed by atoms with Gasteiger partial charge in [0.1, 0.15) is 23.6 Å². The van der Waals surface area contributed by atoms with Crippen molar-refractivity contribution in [3.05, 3.63) is 53.5 Å². The van der Waals surface area contributed by atoms with Gasteiger partial charge in [-0.25, -0.2) is 9.97 Å². The fourth-order valence-electron chi connectivity index (χ4n) is 5.19. The van der Waals surface area contributed by atoms with Gasteiger partial charge in [0.15, 0.2) is 0 Å². The molecule has 38 heavy (non-hydrogen) atoms. The van der Waals surface area contributed by atoms with Crippen molar-refractivity contribution in [2.75, 3.05) is 38.0 Å². The van der Waals surface area contributed by atoms with E-state index >= 15 is 0 Å². The number of aromatic nitrogens is 2. The molecule has 1 aromatic carbocycles. The van der Waals surface area contributed by atoms with E-state index in [-0.39, 0.29) is 41.7 Å². The maximum atomic E-state index is 12.7. The summed E-state index contributed by atoms with van der Waals surface area (Å²) < 4.78 is 0. The molecule has 2 aliphatic heterocycles. The second-order valence-corrected chi connectivity index (χ2v) is 10.4. The number of oxime groups is 1. The van der Waals surface area contributed by atoms with Gasteiger partial charge in [-0.1, -0.05) is 29.4 Å². The number of benzene rings is 1. The van der Waals surface area contributed by atoms with Crippen LogP contribution in [0.4, 0.5) is 5.82 Å². The molecule has 1 saturated heterocycles. The molecule has 11 heteroatoms. The summed E-state index contributed by atoms with van der Waals surface area (Å²) in [6.45, 7) is 3.41. The zero-order chi connectivity index (χ0) is 26.5. The number of amides is 2. The number of nitrogens with zero attached hydrogens (tertiary/aromatic N) is 5. The molecule has 1 atom stereocenters. The Morgan fingerprint density at radius 2 is 1.84 bits per heavy atom. The van der Waals surface area contributed by atoms with Crippen molar-refractivity contribution in [1.29, 1.82) is 0 Å². The predicted octanol–water partition coefficient (Wildman–Crippen LogP) is 1.27. The molecule has 0 unspecified atom stereocenters. The number of aliphatic hydroxyl groups excluding tert-OH is 1. The zero-order valence-electron chi connectivity index (χ0n) is 21.4. The highest BCUT2D eigenvalue weighted by atomic mass is 16.4. The third-order valence-corrected chi connectivity index (χ3v) is 7.50. The lowest BCUT2D eigenvalue weighted by Crippen LogP contribution is -2.45. The molecule has 3 heterocycles. The highest BCUT2D eigenvalue weighted by molar-refractivity contribution is 6.40. The van der Waals surface area contributed by atoms with E-state index in [1.165, 1.54) is 17.5 Å². The first-order valence-corrected chi connectivity index (χ1v) is 13.4. The number of anilines is 1. The Morgan fingerprint density at radius 3 is 2.58 bits per heavy atom. The summed E-state index contributed by atoms with van der Waals surface area (Å²) in [5.74, 6) is 0.0897. The standard InChI is InChI=1S/C27H35N7O4/c35-22(16-33-10-7-18-3-1-2-4-20(18)15-33)14-28-26(36)23-13-24(30-17-29-23)31-21-8-11-34(12-9-21)27(37)25(32-38)19-5-6-19/h1-4,13,17,19,21-22,35,38H,5-12,14-16H2,(H,28,36)(H,29,30,31)/t22-/m0/s1. The molecule has 0 radical (unpaired) electrons. The topological polar surface area (TPSA) is 143 Å². The smallest absolute Gasteiger partial charge is 0.271 e. The fraction of sp³-hybridized carbons (Fsp3) is 0.519. The largest absolute Gasteiger partial charge is 0.410 e. The van der Waals surface area contributed by atoms with E-state index in [0.717, 1.165) is 32.4 Å². The number of piperidine rings is 1. The fourth-order valence-corrected chi connectivity index (χ4v) is 5.19. The third kappa shape index (κ3) is 6.46. The van der Waals surface area contributed by atoms with Crippen LogP contribution in [0, 0.1) is 5.92 Å². The Morgan fingerprint density at radius 1 is 1.08 bits per heavy atom. The maximum Gasteiger partial charge on any atom is 0.271 e. The minimum atomic E-state index is -0.687. The Hall–Kier alpha value is -3.57. The highest BCUT2D eigenvalue weighted by Crippen LogP contribution is 2.31. The van der Waals surface area contributed by atoms with Gasteiger partial charge >= 0.3 is 0 Å². The summed E-state index contributed by atoms with van der Waals surface area (Å²) >= 11 is 0. The molecular weight excluding hydrogens is 486 g/mol. The van der Waals surface area contributed by atoms with Gasteiger partial charge in [-0.2, -0.15) is 0 Å². The average molecular weight is 522 g/mol. The first kappa shape index (κ1) is 26.1. The van der Waals surface area contributed by atoms with Crippen LogP contribution in [0.1, 0.15) is 47.3 Å². The van der Waals surface area contributed by atoms with Gasteiger partial charge in [0.2, 0.25) is 0 Å². The highest BCUT2D eigenvalue weighted by Gasteiger charge is 2.36. The monoisotopic (exact) mass is 521 g/mol. The minimum Gasteiger partial charge on any atom is -0.410 e. The van der Waals surface area contributed by atoms with Crippen LogP contribution in [0.2, 0.25) is 0 Å².